The Morgan fingerprint density at radius 3 is 2.61 bits per heavy atom. The van der Waals surface area contributed by atoms with E-state index in [1.165, 1.54) is 0 Å². The van der Waals surface area contributed by atoms with Crippen LogP contribution >= 0.6 is 0 Å². The van der Waals surface area contributed by atoms with Crippen LogP contribution in [-0.2, 0) is 9.53 Å². The normalized spacial score (nSPS) is 13.4. The Balaban J connectivity index is 2.72. The number of hydrogen-bond donors (Lipinski definition) is 1. The summed E-state index contributed by atoms with van der Waals surface area (Å²) >= 11 is 0. The van der Waals surface area contributed by atoms with E-state index < -0.39 is 5.92 Å². The number of nitrogens with zero attached hydrogens (tertiary/aromatic N) is 1. The molecule has 1 N–H and O–H groups in total. The lowest BCUT2D eigenvalue weighted by atomic mass is 9.99. The molecule has 0 aliphatic carbocycles. The number of ether oxygens (including phenoxy) is 1. The van der Waals surface area contributed by atoms with Crippen molar-refractivity contribution in [2.45, 2.75) is 25.3 Å². The minimum Gasteiger partial charge on any atom is -0.383 e. The van der Waals surface area contributed by atoms with Crippen molar-refractivity contribution in [1.29, 1.82) is 5.26 Å². The van der Waals surface area contributed by atoms with E-state index in [-0.39, 0.29) is 11.9 Å². The molecule has 0 heterocycles. The first-order chi connectivity index (χ1) is 8.72. The van der Waals surface area contributed by atoms with E-state index in [0.29, 0.717) is 12.2 Å². The molecule has 1 aromatic carbocycles. The third kappa shape index (κ3) is 3.86. The lowest BCUT2D eigenvalue weighted by molar-refractivity contribution is -0.122. The van der Waals surface area contributed by atoms with Gasteiger partial charge in [-0.05, 0) is 12.0 Å². The summed E-state index contributed by atoms with van der Waals surface area (Å²) < 4.78 is 5.02. The van der Waals surface area contributed by atoms with Crippen molar-refractivity contribution in [1.82, 2.24) is 5.32 Å². The Bertz CT molecular complexity index is 412. The van der Waals surface area contributed by atoms with Crippen LogP contribution in [0.5, 0.6) is 0 Å². The molecule has 0 fully saturated rings. The second-order valence-corrected chi connectivity index (χ2v) is 4.04. The predicted octanol–water partition coefficient (Wildman–Crippen LogP) is 1.83. The molecule has 2 unspecified atom stereocenters. The van der Waals surface area contributed by atoms with Gasteiger partial charge in [0, 0.05) is 7.11 Å². The highest BCUT2D eigenvalue weighted by Gasteiger charge is 2.21. The fraction of sp³-hybridized carbons (Fsp3) is 0.429. The van der Waals surface area contributed by atoms with Gasteiger partial charge in [-0.1, -0.05) is 37.3 Å². The van der Waals surface area contributed by atoms with E-state index in [9.17, 15) is 4.79 Å². The molecular weight excluding hydrogens is 228 g/mol. The van der Waals surface area contributed by atoms with Crippen molar-refractivity contribution < 1.29 is 9.53 Å². The zero-order valence-corrected chi connectivity index (χ0v) is 10.7. The number of nitriles is 1. The lowest BCUT2D eigenvalue weighted by Crippen LogP contribution is -2.40. The fourth-order valence-electron chi connectivity index (χ4n) is 1.68. The summed E-state index contributed by atoms with van der Waals surface area (Å²) in [5.41, 5.74) is 0.713. The van der Waals surface area contributed by atoms with Gasteiger partial charge >= 0.3 is 0 Å². The smallest absolute Gasteiger partial charge is 0.242 e. The molecule has 2 atom stereocenters. The minimum atomic E-state index is -0.767. The number of amides is 1. The standard InChI is InChI=1S/C14H18N2O2/c1-3-12(10-18-2)16-14(17)13(9-15)11-7-5-4-6-8-11/h4-8,12-13H,3,10H2,1-2H3,(H,16,17). The van der Waals surface area contributed by atoms with Crippen molar-refractivity contribution in [3.8, 4) is 6.07 Å². The summed E-state index contributed by atoms with van der Waals surface area (Å²) in [6.07, 6.45) is 0.770. The maximum atomic E-state index is 12.0. The third-order valence-corrected chi connectivity index (χ3v) is 2.73. The molecule has 0 spiro atoms. The second-order valence-electron chi connectivity index (χ2n) is 4.04. The maximum Gasteiger partial charge on any atom is 0.242 e. The van der Waals surface area contributed by atoms with Crippen LogP contribution in [0.15, 0.2) is 30.3 Å². The highest BCUT2D eigenvalue weighted by Crippen LogP contribution is 2.14. The summed E-state index contributed by atoms with van der Waals surface area (Å²) in [6.45, 7) is 2.42. The van der Waals surface area contributed by atoms with Crippen LogP contribution in [0.2, 0.25) is 0 Å². The van der Waals surface area contributed by atoms with Gasteiger partial charge in [0.1, 0.15) is 5.92 Å². The second kappa shape index (κ2) is 7.46. The predicted molar refractivity (Wildman–Crippen MR) is 68.9 cm³/mol. The van der Waals surface area contributed by atoms with Crippen LogP contribution < -0.4 is 5.32 Å². The first-order valence-corrected chi connectivity index (χ1v) is 5.96. The molecule has 1 rings (SSSR count). The van der Waals surface area contributed by atoms with Crippen molar-refractivity contribution in [2.75, 3.05) is 13.7 Å². The van der Waals surface area contributed by atoms with Crippen molar-refractivity contribution in [2.24, 2.45) is 0 Å². The van der Waals surface area contributed by atoms with Gasteiger partial charge in [0.2, 0.25) is 5.91 Å². The quantitative estimate of drug-likeness (QED) is 0.833. The summed E-state index contributed by atoms with van der Waals surface area (Å²) in [7, 11) is 1.59. The zero-order valence-electron chi connectivity index (χ0n) is 10.7. The number of carbonyl (C=O) groups excluding carboxylic acids is 1. The molecule has 0 aliphatic heterocycles. The Hall–Kier alpha value is -1.86. The van der Waals surface area contributed by atoms with Gasteiger partial charge in [-0.2, -0.15) is 5.26 Å². The first-order valence-electron chi connectivity index (χ1n) is 5.96. The minimum absolute atomic E-state index is 0.0536. The number of benzene rings is 1. The lowest BCUT2D eigenvalue weighted by Gasteiger charge is -2.18. The molecule has 0 saturated carbocycles. The molecular formula is C14H18N2O2. The molecule has 4 heteroatoms. The average molecular weight is 246 g/mol. The molecule has 1 amide bonds. The Morgan fingerprint density at radius 2 is 2.11 bits per heavy atom. The Morgan fingerprint density at radius 1 is 1.44 bits per heavy atom. The first kappa shape index (κ1) is 14.2. The summed E-state index contributed by atoms with van der Waals surface area (Å²) in [6, 6.07) is 11.0. The molecule has 0 radical (unpaired) electrons. The molecule has 18 heavy (non-hydrogen) atoms. The van der Waals surface area contributed by atoms with E-state index in [0.717, 1.165) is 6.42 Å². The highest BCUT2D eigenvalue weighted by molar-refractivity contribution is 5.86. The van der Waals surface area contributed by atoms with Crippen molar-refractivity contribution in [3.05, 3.63) is 35.9 Å². The van der Waals surface area contributed by atoms with Gasteiger partial charge in [-0.3, -0.25) is 4.79 Å². The highest BCUT2D eigenvalue weighted by atomic mass is 16.5. The fourth-order valence-corrected chi connectivity index (χ4v) is 1.68. The molecule has 0 bridgehead atoms. The number of nitrogens with one attached hydrogen (secondary N) is 1. The summed E-state index contributed by atoms with van der Waals surface area (Å²) in [4.78, 5) is 12.0. The van der Waals surface area contributed by atoms with Gasteiger partial charge in [0.25, 0.3) is 0 Å². The largest absolute Gasteiger partial charge is 0.383 e. The van der Waals surface area contributed by atoms with Crippen LogP contribution in [0.3, 0.4) is 0 Å². The molecule has 1 aromatic rings. The van der Waals surface area contributed by atoms with Gasteiger partial charge in [0.05, 0.1) is 18.7 Å². The number of hydrogen-bond acceptors (Lipinski definition) is 3. The van der Waals surface area contributed by atoms with Gasteiger partial charge < -0.3 is 10.1 Å². The SMILES string of the molecule is CCC(COC)NC(=O)C(C#N)c1ccccc1. The molecule has 0 saturated heterocycles. The molecule has 0 aromatic heterocycles. The summed E-state index contributed by atoms with van der Waals surface area (Å²) in [5.74, 6) is -1.04. The van der Waals surface area contributed by atoms with Crippen LogP contribution in [0, 0.1) is 11.3 Å². The van der Waals surface area contributed by atoms with Gasteiger partial charge in [-0.15, -0.1) is 0 Å². The zero-order chi connectivity index (χ0) is 13.4. The Labute approximate surface area is 108 Å². The van der Waals surface area contributed by atoms with E-state index in [4.69, 9.17) is 10.00 Å². The summed E-state index contributed by atoms with van der Waals surface area (Å²) in [5, 5.41) is 12.0. The van der Waals surface area contributed by atoms with Gasteiger partial charge in [-0.25, -0.2) is 0 Å². The number of rotatable bonds is 6. The van der Waals surface area contributed by atoms with E-state index in [2.05, 4.69) is 5.32 Å². The van der Waals surface area contributed by atoms with E-state index in [1.54, 1.807) is 19.2 Å². The van der Waals surface area contributed by atoms with E-state index >= 15 is 0 Å². The van der Waals surface area contributed by atoms with Gasteiger partial charge in [0.15, 0.2) is 0 Å². The van der Waals surface area contributed by atoms with Crippen molar-refractivity contribution >= 4 is 5.91 Å². The van der Waals surface area contributed by atoms with Crippen LogP contribution in [0.1, 0.15) is 24.8 Å². The average Bonchev–Trinajstić information content (AvgIpc) is 2.40. The Kier molecular flexibility index (Phi) is 5.89. The van der Waals surface area contributed by atoms with Crippen LogP contribution in [-0.4, -0.2) is 25.7 Å². The maximum absolute atomic E-state index is 12.0. The third-order valence-electron chi connectivity index (χ3n) is 2.73. The van der Waals surface area contributed by atoms with E-state index in [1.807, 2.05) is 31.2 Å². The van der Waals surface area contributed by atoms with Crippen molar-refractivity contribution in [3.63, 3.8) is 0 Å². The molecule has 96 valence electrons. The monoisotopic (exact) mass is 246 g/mol. The van der Waals surface area contributed by atoms with Crippen LogP contribution in [0.4, 0.5) is 0 Å². The number of carbonyl (C=O) groups is 1. The van der Waals surface area contributed by atoms with Crippen LogP contribution in [0.25, 0.3) is 0 Å². The number of methoxy groups -OCH3 is 1. The molecule has 4 nitrogen and oxygen atoms in total. The molecule has 0 aliphatic rings. The topological polar surface area (TPSA) is 62.1 Å².